The van der Waals surface area contributed by atoms with Gasteiger partial charge in [0, 0.05) is 17.0 Å². The molecule has 174 valence electrons. The van der Waals surface area contributed by atoms with E-state index >= 15 is 0 Å². The topological polar surface area (TPSA) is 109 Å². The molecule has 0 aromatic heterocycles. The van der Waals surface area contributed by atoms with E-state index in [-0.39, 0.29) is 41.5 Å². The average Bonchev–Trinajstić information content (AvgIpc) is 3.18. The lowest BCUT2D eigenvalue weighted by Gasteiger charge is -2.46. The van der Waals surface area contributed by atoms with E-state index < -0.39 is 47.9 Å². The first-order valence-electron chi connectivity index (χ1n) is 10.1. The Hall–Kier alpha value is -1.85. The van der Waals surface area contributed by atoms with Crippen LogP contribution in [0.5, 0.6) is 5.75 Å². The fourth-order valence-electron chi connectivity index (χ4n) is 4.18. The fourth-order valence-corrected chi connectivity index (χ4v) is 4.37. The Morgan fingerprint density at radius 3 is 2.53 bits per heavy atom. The van der Waals surface area contributed by atoms with Gasteiger partial charge < -0.3 is 34.6 Å². The lowest BCUT2D eigenvalue weighted by atomic mass is 9.83. The quantitative estimate of drug-likeness (QED) is 0.506. The third-order valence-electron chi connectivity index (χ3n) is 5.98. The highest BCUT2D eigenvalue weighted by atomic mass is 35.5. The Labute approximate surface area is 187 Å². The van der Waals surface area contributed by atoms with Crippen LogP contribution in [0.25, 0.3) is 0 Å². The molecule has 0 unspecified atom stereocenters. The predicted octanol–water partition coefficient (Wildman–Crippen LogP) is 1.63. The normalized spacial score (nSPS) is 31.7. The molecule has 2 saturated heterocycles. The molecular weight excluding hydrogens is 450 g/mol. The van der Waals surface area contributed by atoms with Gasteiger partial charge >= 0.3 is 0 Å². The third-order valence-corrected chi connectivity index (χ3v) is 6.35. The monoisotopic (exact) mass is 472 g/mol. The Morgan fingerprint density at radius 1 is 1.09 bits per heavy atom. The lowest BCUT2D eigenvalue weighted by molar-refractivity contribution is -0.329. The Kier molecular flexibility index (Phi) is 6.19. The van der Waals surface area contributed by atoms with E-state index in [1.54, 1.807) is 6.92 Å². The number of benzene rings is 2. The largest absolute Gasteiger partial charge is 0.491 e. The van der Waals surface area contributed by atoms with Crippen molar-refractivity contribution in [3.05, 3.63) is 63.7 Å². The van der Waals surface area contributed by atoms with E-state index in [0.717, 1.165) is 0 Å². The highest BCUT2D eigenvalue weighted by molar-refractivity contribution is 6.31. The molecule has 0 radical (unpaired) electrons. The number of hydrogen-bond donors (Lipinski definition) is 4. The van der Waals surface area contributed by atoms with Crippen molar-refractivity contribution in [3.63, 3.8) is 0 Å². The van der Waals surface area contributed by atoms with Crippen LogP contribution in [0.1, 0.15) is 23.6 Å². The van der Waals surface area contributed by atoms with Crippen LogP contribution in [0.4, 0.5) is 8.78 Å². The number of halogens is 3. The summed E-state index contributed by atoms with van der Waals surface area (Å²) < 4.78 is 45.4. The summed E-state index contributed by atoms with van der Waals surface area (Å²) in [6.45, 7) is 0.903. The van der Waals surface area contributed by atoms with Gasteiger partial charge in [-0.1, -0.05) is 23.7 Å². The predicted molar refractivity (Wildman–Crippen MR) is 108 cm³/mol. The van der Waals surface area contributed by atoms with Gasteiger partial charge in [0.25, 0.3) is 0 Å². The highest BCUT2D eigenvalue weighted by Crippen LogP contribution is 2.49. The van der Waals surface area contributed by atoms with Crippen LogP contribution >= 0.6 is 11.6 Å². The molecule has 4 N–H and O–H groups in total. The van der Waals surface area contributed by atoms with Crippen molar-refractivity contribution < 1.29 is 43.4 Å². The lowest BCUT2D eigenvalue weighted by Crippen LogP contribution is -2.65. The molecule has 2 aromatic rings. The van der Waals surface area contributed by atoms with Gasteiger partial charge in [-0.15, -0.1) is 0 Å². The first kappa shape index (κ1) is 23.3. The zero-order valence-electron chi connectivity index (χ0n) is 17.1. The number of fused-ring (bicyclic) bond motifs is 2. The van der Waals surface area contributed by atoms with E-state index in [1.807, 2.05) is 0 Å². The smallest absolute Gasteiger partial charge is 0.225 e. The maximum absolute atomic E-state index is 14.6. The van der Waals surface area contributed by atoms with Gasteiger partial charge in [-0.2, -0.15) is 4.39 Å². The Morgan fingerprint density at radius 2 is 1.84 bits per heavy atom. The molecule has 5 atom stereocenters. The van der Waals surface area contributed by atoms with Crippen LogP contribution in [0, 0.1) is 11.6 Å². The van der Waals surface area contributed by atoms with Gasteiger partial charge in [-0.3, -0.25) is 0 Å². The van der Waals surface area contributed by atoms with E-state index in [2.05, 4.69) is 0 Å². The zero-order chi connectivity index (χ0) is 23.3. The van der Waals surface area contributed by atoms with Crippen molar-refractivity contribution in [3.8, 4) is 5.75 Å². The molecule has 2 fully saturated rings. The molecule has 10 heteroatoms. The van der Waals surface area contributed by atoms with Crippen LogP contribution in [0.3, 0.4) is 0 Å². The summed E-state index contributed by atoms with van der Waals surface area (Å²) in [4.78, 5) is 0. The number of aliphatic hydroxyl groups is 4. The SMILES string of the molecule is CCOc1ccc(Cc2cc([C@@]34OC[C@@](CO)(O3)[C@@H](O)[C@H](O)[C@H]4O)ccc2Cl)c(F)c1F. The summed E-state index contributed by atoms with van der Waals surface area (Å²) in [5.41, 5.74) is -0.983. The van der Waals surface area contributed by atoms with Crippen molar-refractivity contribution in [1.82, 2.24) is 0 Å². The molecule has 32 heavy (non-hydrogen) atoms. The van der Waals surface area contributed by atoms with Gasteiger partial charge in [0.15, 0.2) is 11.6 Å². The summed E-state index contributed by atoms with van der Waals surface area (Å²) in [6, 6.07) is 7.16. The molecule has 0 saturated carbocycles. The van der Waals surface area contributed by atoms with Crippen molar-refractivity contribution in [1.29, 1.82) is 0 Å². The van der Waals surface area contributed by atoms with Gasteiger partial charge in [0.2, 0.25) is 11.6 Å². The van der Waals surface area contributed by atoms with Crippen molar-refractivity contribution in [2.75, 3.05) is 19.8 Å². The molecule has 7 nitrogen and oxygen atoms in total. The maximum Gasteiger partial charge on any atom is 0.225 e. The van der Waals surface area contributed by atoms with Crippen molar-refractivity contribution in [2.45, 2.75) is 43.0 Å². The molecular formula is C22H23ClF2O7. The molecule has 2 aliphatic heterocycles. The summed E-state index contributed by atoms with van der Waals surface area (Å²) in [5.74, 6) is -4.26. The fraction of sp³-hybridized carbons (Fsp3) is 0.455. The molecule has 2 aliphatic rings. The number of ether oxygens (including phenoxy) is 3. The standard InChI is InChI=1S/C22H23ClF2O7/c1-2-30-15-6-3-11(16(24)17(15)25)7-12-8-13(4-5-14(12)23)22-20(29)18(27)19(28)21(9-26,32-22)10-31-22/h3-6,8,18-20,26-29H,2,7,9-10H2,1H3/t18-,19-,20+,21+,22+/m0/s1. The maximum atomic E-state index is 14.6. The first-order valence-corrected chi connectivity index (χ1v) is 10.4. The zero-order valence-corrected chi connectivity index (χ0v) is 17.9. The van der Waals surface area contributed by atoms with E-state index in [9.17, 15) is 29.2 Å². The summed E-state index contributed by atoms with van der Waals surface area (Å²) in [7, 11) is 0. The molecule has 2 bridgehead atoms. The summed E-state index contributed by atoms with van der Waals surface area (Å²) >= 11 is 6.29. The minimum absolute atomic E-state index is 0.0279. The van der Waals surface area contributed by atoms with E-state index in [4.69, 9.17) is 25.8 Å². The van der Waals surface area contributed by atoms with Gasteiger partial charge in [0.05, 0.1) is 19.8 Å². The number of hydrogen-bond acceptors (Lipinski definition) is 7. The average molecular weight is 473 g/mol. The second-order valence-electron chi connectivity index (χ2n) is 7.93. The molecule has 0 amide bonds. The van der Waals surface area contributed by atoms with Crippen LogP contribution in [0.2, 0.25) is 5.02 Å². The highest BCUT2D eigenvalue weighted by Gasteiger charge is 2.67. The Bertz CT molecular complexity index is 1020. The van der Waals surface area contributed by atoms with E-state index in [1.165, 1.54) is 30.3 Å². The molecule has 2 aromatic carbocycles. The molecule has 0 spiro atoms. The van der Waals surface area contributed by atoms with Gasteiger partial charge in [0.1, 0.15) is 23.9 Å². The van der Waals surface area contributed by atoms with Crippen LogP contribution in [-0.2, 0) is 21.7 Å². The van der Waals surface area contributed by atoms with Crippen LogP contribution < -0.4 is 4.74 Å². The minimum Gasteiger partial charge on any atom is -0.491 e. The Balaban J connectivity index is 1.71. The van der Waals surface area contributed by atoms with Crippen LogP contribution in [-0.4, -0.2) is 64.2 Å². The second kappa shape index (κ2) is 8.49. The van der Waals surface area contributed by atoms with Crippen LogP contribution in [0.15, 0.2) is 30.3 Å². The number of rotatable bonds is 6. The third kappa shape index (κ3) is 3.49. The van der Waals surface area contributed by atoms with Gasteiger partial charge in [-0.05, 0) is 36.2 Å². The van der Waals surface area contributed by atoms with E-state index in [0.29, 0.717) is 5.56 Å². The summed E-state index contributed by atoms with van der Waals surface area (Å²) in [6.07, 6.45) is -5.01. The molecule has 2 heterocycles. The van der Waals surface area contributed by atoms with Gasteiger partial charge in [-0.25, -0.2) is 4.39 Å². The molecule has 0 aliphatic carbocycles. The van der Waals surface area contributed by atoms with Crippen molar-refractivity contribution in [2.24, 2.45) is 0 Å². The molecule has 4 rings (SSSR count). The summed E-state index contributed by atoms with van der Waals surface area (Å²) in [5, 5.41) is 41.3. The minimum atomic E-state index is -1.89. The number of aliphatic hydroxyl groups excluding tert-OH is 4. The van der Waals surface area contributed by atoms with Crippen molar-refractivity contribution >= 4 is 11.6 Å². The first-order chi connectivity index (χ1) is 15.2. The second-order valence-corrected chi connectivity index (χ2v) is 8.34.